The van der Waals surface area contributed by atoms with Crippen molar-refractivity contribution < 1.29 is 24.2 Å². The summed E-state index contributed by atoms with van der Waals surface area (Å²) in [5.74, 6) is 0. The number of hydrogen-bond acceptors (Lipinski definition) is 5. The van der Waals surface area contributed by atoms with Crippen LogP contribution in [0.2, 0.25) is 0 Å². The molecule has 0 bridgehead atoms. The minimum Gasteiger partial charge on any atom is -0.465 e. The molecule has 0 spiro atoms. The number of hydrogen-bond donors (Lipinski definition) is 4. The minimum absolute atomic E-state index is 0.377. The summed E-state index contributed by atoms with van der Waals surface area (Å²) >= 11 is 0. The number of amides is 2. The van der Waals surface area contributed by atoms with E-state index in [1.54, 1.807) is 0 Å². The van der Waals surface area contributed by atoms with E-state index in [9.17, 15) is 9.59 Å². The Morgan fingerprint density at radius 2 is 1.50 bits per heavy atom. The van der Waals surface area contributed by atoms with E-state index in [-0.39, 0.29) is 6.09 Å². The monoisotopic (exact) mass is 347 g/mol. The van der Waals surface area contributed by atoms with E-state index in [1.807, 2.05) is 20.8 Å². The quantitative estimate of drug-likeness (QED) is 0.379. The maximum Gasteiger partial charge on any atom is 0.407 e. The third-order valence-corrected chi connectivity index (χ3v) is 2.83. The molecule has 8 nitrogen and oxygen atoms in total. The van der Waals surface area contributed by atoms with Crippen molar-refractivity contribution in [3.63, 3.8) is 0 Å². The van der Waals surface area contributed by atoms with Crippen LogP contribution in [0.3, 0.4) is 0 Å². The summed E-state index contributed by atoms with van der Waals surface area (Å²) in [5, 5.41) is 16.7. The molecular formula is C16H33N3O5. The second-order valence-electron chi connectivity index (χ2n) is 6.44. The van der Waals surface area contributed by atoms with Gasteiger partial charge in [-0.05, 0) is 59.5 Å². The molecule has 0 unspecified atom stereocenters. The lowest BCUT2D eigenvalue weighted by Crippen LogP contribution is -2.34. The summed E-state index contributed by atoms with van der Waals surface area (Å²) in [6.07, 6.45) is 2.16. The van der Waals surface area contributed by atoms with E-state index >= 15 is 0 Å². The minimum atomic E-state index is -0.998. The molecule has 0 aromatic heterocycles. The summed E-state index contributed by atoms with van der Waals surface area (Å²) in [6, 6.07) is 0. The Morgan fingerprint density at radius 3 is 2.17 bits per heavy atom. The molecule has 2 amide bonds. The van der Waals surface area contributed by atoms with Crippen molar-refractivity contribution in [3.05, 3.63) is 0 Å². The number of ether oxygens (including phenoxy) is 2. The lowest BCUT2D eigenvalue weighted by Gasteiger charge is -2.19. The number of carbonyl (C=O) groups is 2. The molecule has 4 N–H and O–H groups in total. The number of carboxylic acid groups (broad SMARTS) is 1. The van der Waals surface area contributed by atoms with Crippen molar-refractivity contribution in [2.45, 2.75) is 52.1 Å². The number of unbranched alkanes of at least 4 members (excludes halogenated alkanes) is 1. The van der Waals surface area contributed by atoms with Crippen molar-refractivity contribution in [2.24, 2.45) is 0 Å². The first-order chi connectivity index (χ1) is 11.3. The molecule has 0 saturated heterocycles. The summed E-state index contributed by atoms with van der Waals surface area (Å²) in [4.78, 5) is 21.6. The van der Waals surface area contributed by atoms with Crippen LogP contribution in [0.4, 0.5) is 9.59 Å². The van der Waals surface area contributed by atoms with Gasteiger partial charge in [0.15, 0.2) is 0 Å². The zero-order valence-electron chi connectivity index (χ0n) is 15.2. The second-order valence-corrected chi connectivity index (χ2v) is 6.44. The van der Waals surface area contributed by atoms with Gasteiger partial charge in [0.05, 0.1) is 0 Å². The average Bonchev–Trinajstić information content (AvgIpc) is 2.45. The summed E-state index contributed by atoms with van der Waals surface area (Å²) in [5.41, 5.74) is -0.461. The fourth-order valence-electron chi connectivity index (χ4n) is 1.77. The molecule has 0 aliphatic rings. The number of carbonyl (C=O) groups excluding carboxylic acids is 1. The summed E-state index contributed by atoms with van der Waals surface area (Å²) < 4.78 is 10.5. The highest BCUT2D eigenvalue weighted by atomic mass is 16.6. The molecular weight excluding hydrogens is 314 g/mol. The molecule has 0 atom stereocenters. The van der Waals surface area contributed by atoms with Gasteiger partial charge in [0.2, 0.25) is 0 Å². The Bertz CT molecular complexity index is 345. The highest BCUT2D eigenvalue weighted by Gasteiger charge is 2.15. The van der Waals surface area contributed by atoms with Gasteiger partial charge in [0.1, 0.15) is 5.60 Å². The molecule has 0 aromatic carbocycles. The molecule has 0 radical (unpaired) electrons. The average molecular weight is 347 g/mol. The lowest BCUT2D eigenvalue weighted by atomic mass is 10.2. The third kappa shape index (κ3) is 18.5. The molecule has 0 rings (SSSR count). The first-order valence-corrected chi connectivity index (χ1v) is 8.53. The number of alkyl carbamates (subject to hydrolysis) is 1. The normalized spacial score (nSPS) is 11.1. The second kappa shape index (κ2) is 13.9. The van der Waals surface area contributed by atoms with Crippen LogP contribution >= 0.6 is 0 Å². The van der Waals surface area contributed by atoms with Crippen molar-refractivity contribution >= 4 is 12.2 Å². The van der Waals surface area contributed by atoms with E-state index in [2.05, 4.69) is 16.0 Å². The van der Waals surface area contributed by atoms with Gasteiger partial charge in [-0.1, -0.05) is 0 Å². The van der Waals surface area contributed by atoms with Crippen LogP contribution in [0.15, 0.2) is 0 Å². The van der Waals surface area contributed by atoms with Crippen molar-refractivity contribution in [2.75, 3.05) is 39.4 Å². The largest absolute Gasteiger partial charge is 0.465 e. The van der Waals surface area contributed by atoms with Crippen molar-refractivity contribution in [3.8, 4) is 0 Å². The van der Waals surface area contributed by atoms with Crippen LogP contribution in [0.1, 0.15) is 46.5 Å². The van der Waals surface area contributed by atoms with Gasteiger partial charge in [-0.3, -0.25) is 0 Å². The Hall–Kier alpha value is -1.54. The molecule has 142 valence electrons. The highest BCUT2D eigenvalue weighted by molar-refractivity contribution is 5.67. The van der Waals surface area contributed by atoms with Gasteiger partial charge in [-0.25, -0.2) is 9.59 Å². The highest BCUT2D eigenvalue weighted by Crippen LogP contribution is 2.06. The van der Waals surface area contributed by atoms with Crippen molar-refractivity contribution in [1.82, 2.24) is 16.0 Å². The molecule has 24 heavy (non-hydrogen) atoms. The van der Waals surface area contributed by atoms with E-state index in [4.69, 9.17) is 14.6 Å². The third-order valence-electron chi connectivity index (χ3n) is 2.83. The van der Waals surface area contributed by atoms with E-state index in [0.29, 0.717) is 32.7 Å². The lowest BCUT2D eigenvalue weighted by molar-refractivity contribution is 0.0527. The molecule has 0 fully saturated rings. The molecule has 0 aromatic rings. The van der Waals surface area contributed by atoms with Gasteiger partial charge in [0, 0.05) is 26.3 Å². The molecule has 0 heterocycles. The van der Waals surface area contributed by atoms with Gasteiger partial charge in [-0.2, -0.15) is 0 Å². The van der Waals surface area contributed by atoms with Crippen LogP contribution in [0, 0.1) is 0 Å². The van der Waals surface area contributed by atoms with E-state index < -0.39 is 11.7 Å². The fourth-order valence-corrected chi connectivity index (χ4v) is 1.77. The smallest absolute Gasteiger partial charge is 0.407 e. The SMILES string of the molecule is CC(C)(C)OC(=O)NCCCNCCCCOCCCNC(=O)O. The van der Waals surface area contributed by atoms with Gasteiger partial charge >= 0.3 is 12.2 Å². The van der Waals surface area contributed by atoms with Crippen LogP contribution in [0.5, 0.6) is 0 Å². The zero-order valence-corrected chi connectivity index (χ0v) is 15.2. The van der Waals surface area contributed by atoms with Crippen molar-refractivity contribution in [1.29, 1.82) is 0 Å². The fraction of sp³-hybridized carbons (Fsp3) is 0.875. The maximum atomic E-state index is 11.4. The Balaban J connectivity index is 3.18. The van der Waals surface area contributed by atoms with Gasteiger partial charge in [-0.15, -0.1) is 0 Å². The van der Waals surface area contributed by atoms with Gasteiger partial charge < -0.3 is 30.5 Å². The van der Waals surface area contributed by atoms with E-state index in [1.165, 1.54) is 0 Å². The first-order valence-electron chi connectivity index (χ1n) is 8.53. The van der Waals surface area contributed by atoms with Crippen LogP contribution in [-0.4, -0.2) is 62.3 Å². The van der Waals surface area contributed by atoms with Crippen LogP contribution < -0.4 is 16.0 Å². The van der Waals surface area contributed by atoms with Crippen LogP contribution in [0.25, 0.3) is 0 Å². The maximum absolute atomic E-state index is 11.4. The molecule has 0 saturated carbocycles. The standard InChI is InChI=1S/C16H33N3O5/c1-16(2,3)24-15(22)19-10-6-9-17-8-4-5-12-23-13-7-11-18-14(20)21/h17-18H,4-13H2,1-3H3,(H,19,22)(H,20,21). The van der Waals surface area contributed by atoms with Crippen LogP contribution in [-0.2, 0) is 9.47 Å². The number of rotatable bonds is 13. The summed E-state index contributed by atoms with van der Waals surface area (Å²) in [7, 11) is 0. The summed E-state index contributed by atoms with van der Waals surface area (Å²) in [6.45, 7) is 9.55. The van der Waals surface area contributed by atoms with Gasteiger partial charge in [0.25, 0.3) is 0 Å². The molecule has 0 aliphatic carbocycles. The molecule has 8 heteroatoms. The predicted molar refractivity (Wildman–Crippen MR) is 92.4 cm³/mol. The van der Waals surface area contributed by atoms with E-state index in [0.717, 1.165) is 32.4 Å². The Morgan fingerprint density at radius 1 is 0.875 bits per heavy atom. The number of nitrogens with one attached hydrogen (secondary N) is 3. The topological polar surface area (TPSA) is 109 Å². The Kier molecular flexibility index (Phi) is 13.0. The predicted octanol–water partition coefficient (Wildman–Crippen LogP) is 1.95. The zero-order chi connectivity index (χ0) is 18.3. The first kappa shape index (κ1) is 22.5. The molecule has 0 aliphatic heterocycles. The Labute approximate surface area is 144 Å².